The number of aromatic nitrogens is 1. The van der Waals surface area contributed by atoms with Gasteiger partial charge in [-0.1, -0.05) is 19.9 Å². The van der Waals surface area contributed by atoms with Crippen LogP contribution in [0.2, 0.25) is 0 Å². The van der Waals surface area contributed by atoms with Gasteiger partial charge in [0, 0.05) is 17.3 Å². The van der Waals surface area contributed by atoms with Crippen LogP contribution in [0.25, 0.3) is 0 Å². The normalized spacial score (nSPS) is 28.9. The maximum absolute atomic E-state index is 5.75. The van der Waals surface area contributed by atoms with E-state index < -0.39 is 0 Å². The Morgan fingerprint density at radius 2 is 2.14 bits per heavy atom. The van der Waals surface area contributed by atoms with Gasteiger partial charge in [-0.15, -0.1) is 0 Å². The first-order valence-corrected chi connectivity index (χ1v) is 5.21. The van der Waals surface area contributed by atoms with Gasteiger partial charge in [0.1, 0.15) is 0 Å². The first-order valence-electron chi connectivity index (χ1n) is 5.21. The number of hydrogen-bond acceptors (Lipinski definition) is 2. The summed E-state index contributed by atoms with van der Waals surface area (Å²) in [5.41, 5.74) is 8.40. The van der Waals surface area contributed by atoms with Crippen LogP contribution in [0, 0.1) is 18.3 Å². The zero-order valence-corrected chi connectivity index (χ0v) is 9.12. The fraction of sp³-hybridized carbons (Fsp3) is 0.583. The predicted molar refractivity (Wildman–Crippen MR) is 58.0 cm³/mol. The van der Waals surface area contributed by atoms with Crippen molar-refractivity contribution in [3.05, 3.63) is 29.6 Å². The van der Waals surface area contributed by atoms with Crippen molar-refractivity contribution in [3.63, 3.8) is 0 Å². The number of nitrogens with two attached hydrogens (primary N) is 1. The van der Waals surface area contributed by atoms with E-state index in [0.29, 0.717) is 17.3 Å². The molecular weight excluding hydrogens is 172 g/mol. The highest BCUT2D eigenvalue weighted by Gasteiger charge is 2.57. The van der Waals surface area contributed by atoms with Crippen molar-refractivity contribution in [1.29, 1.82) is 0 Å². The van der Waals surface area contributed by atoms with Gasteiger partial charge in [0.15, 0.2) is 0 Å². The first kappa shape index (κ1) is 9.66. The topological polar surface area (TPSA) is 38.9 Å². The molecule has 1 aromatic rings. The van der Waals surface area contributed by atoms with Crippen LogP contribution < -0.4 is 5.73 Å². The SMILES string of the molecule is Cc1cccc(C2C(CN)C2(C)C)n1. The van der Waals surface area contributed by atoms with E-state index in [4.69, 9.17) is 5.73 Å². The van der Waals surface area contributed by atoms with Gasteiger partial charge in [-0.3, -0.25) is 4.98 Å². The van der Waals surface area contributed by atoms with Crippen LogP contribution in [0.4, 0.5) is 0 Å². The molecule has 14 heavy (non-hydrogen) atoms. The lowest BCUT2D eigenvalue weighted by molar-refractivity contribution is 0.557. The molecule has 0 amide bonds. The van der Waals surface area contributed by atoms with E-state index >= 15 is 0 Å². The Hall–Kier alpha value is -0.890. The Labute approximate surface area is 85.5 Å². The smallest absolute Gasteiger partial charge is 0.0446 e. The molecule has 1 aromatic heterocycles. The molecule has 1 fully saturated rings. The summed E-state index contributed by atoms with van der Waals surface area (Å²) in [6.07, 6.45) is 0. The van der Waals surface area contributed by atoms with Crippen molar-refractivity contribution in [2.75, 3.05) is 6.54 Å². The molecule has 1 saturated carbocycles. The Kier molecular flexibility index (Phi) is 2.11. The number of rotatable bonds is 2. The summed E-state index contributed by atoms with van der Waals surface area (Å²) in [6, 6.07) is 6.24. The molecule has 2 atom stereocenters. The molecule has 0 aromatic carbocycles. The first-order chi connectivity index (χ1) is 6.57. The third-order valence-electron chi connectivity index (χ3n) is 3.53. The molecule has 2 rings (SSSR count). The quantitative estimate of drug-likeness (QED) is 0.775. The highest BCUT2D eigenvalue weighted by molar-refractivity contribution is 5.27. The minimum atomic E-state index is 0.343. The minimum Gasteiger partial charge on any atom is -0.330 e. The molecule has 2 nitrogen and oxygen atoms in total. The summed E-state index contributed by atoms with van der Waals surface area (Å²) in [5, 5.41) is 0. The zero-order chi connectivity index (χ0) is 10.3. The Morgan fingerprint density at radius 3 is 2.64 bits per heavy atom. The van der Waals surface area contributed by atoms with E-state index in [9.17, 15) is 0 Å². The average Bonchev–Trinajstić information content (AvgIpc) is 2.68. The Morgan fingerprint density at radius 1 is 1.43 bits per heavy atom. The fourth-order valence-electron chi connectivity index (χ4n) is 2.51. The van der Waals surface area contributed by atoms with E-state index in [0.717, 1.165) is 12.2 Å². The second-order valence-electron chi connectivity index (χ2n) is 4.85. The average molecular weight is 190 g/mol. The Bertz CT molecular complexity index is 344. The third-order valence-corrected chi connectivity index (χ3v) is 3.53. The third kappa shape index (κ3) is 1.34. The summed E-state index contributed by atoms with van der Waals surface area (Å²) in [6.45, 7) is 7.36. The minimum absolute atomic E-state index is 0.343. The lowest BCUT2D eigenvalue weighted by atomic mass is 10.1. The van der Waals surface area contributed by atoms with Crippen LogP contribution in [0.1, 0.15) is 31.2 Å². The van der Waals surface area contributed by atoms with Crippen LogP contribution in [0.5, 0.6) is 0 Å². The van der Waals surface area contributed by atoms with Crippen molar-refractivity contribution in [1.82, 2.24) is 4.98 Å². The second kappa shape index (κ2) is 3.06. The number of aryl methyl sites for hydroxylation is 1. The summed E-state index contributed by atoms with van der Waals surface area (Å²) in [7, 11) is 0. The molecule has 1 aliphatic rings. The van der Waals surface area contributed by atoms with E-state index in [1.807, 2.05) is 13.0 Å². The maximum Gasteiger partial charge on any atom is 0.0446 e. The molecule has 2 unspecified atom stereocenters. The van der Waals surface area contributed by atoms with Gasteiger partial charge < -0.3 is 5.73 Å². The van der Waals surface area contributed by atoms with E-state index in [-0.39, 0.29) is 0 Å². The van der Waals surface area contributed by atoms with Crippen LogP contribution in [0.3, 0.4) is 0 Å². The summed E-state index contributed by atoms with van der Waals surface area (Å²) < 4.78 is 0. The van der Waals surface area contributed by atoms with Crippen LogP contribution >= 0.6 is 0 Å². The lowest BCUT2D eigenvalue weighted by Crippen LogP contribution is -2.05. The molecule has 2 N–H and O–H groups in total. The summed E-state index contributed by atoms with van der Waals surface area (Å²) in [4.78, 5) is 4.57. The molecule has 0 spiro atoms. The van der Waals surface area contributed by atoms with Gasteiger partial charge in [0.05, 0.1) is 0 Å². The Balaban J connectivity index is 2.26. The van der Waals surface area contributed by atoms with Crippen LogP contribution in [0.15, 0.2) is 18.2 Å². The fourth-order valence-corrected chi connectivity index (χ4v) is 2.51. The number of pyridine rings is 1. The van der Waals surface area contributed by atoms with E-state index in [1.54, 1.807) is 0 Å². The summed E-state index contributed by atoms with van der Waals surface area (Å²) in [5.74, 6) is 1.17. The van der Waals surface area contributed by atoms with Gasteiger partial charge in [-0.25, -0.2) is 0 Å². The predicted octanol–water partition coefficient (Wildman–Crippen LogP) is 2.09. The van der Waals surface area contributed by atoms with Crippen LogP contribution in [-0.2, 0) is 0 Å². The highest BCUT2D eigenvalue weighted by atomic mass is 14.8. The lowest BCUT2D eigenvalue weighted by Gasteiger charge is -2.02. The second-order valence-corrected chi connectivity index (χ2v) is 4.85. The standard InChI is InChI=1S/C12H18N2/c1-8-5-4-6-10(14-8)11-9(7-13)12(11,2)3/h4-6,9,11H,7,13H2,1-3H3. The molecule has 0 radical (unpaired) electrons. The van der Waals surface area contributed by atoms with Gasteiger partial charge in [0.2, 0.25) is 0 Å². The monoisotopic (exact) mass is 190 g/mol. The van der Waals surface area contributed by atoms with Crippen molar-refractivity contribution in [3.8, 4) is 0 Å². The molecule has 76 valence electrons. The van der Waals surface area contributed by atoms with Gasteiger partial charge >= 0.3 is 0 Å². The maximum atomic E-state index is 5.75. The van der Waals surface area contributed by atoms with E-state index in [2.05, 4.69) is 31.0 Å². The van der Waals surface area contributed by atoms with E-state index in [1.165, 1.54) is 5.69 Å². The largest absolute Gasteiger partial charge is 0.330 e. The van der Waals surface area contributed by atoms with Gasteiger partial charge in [-0.05, 0) is 36.9 Å². The molecule has 1 heterocycles. The van der Waals surface area contributed by atoms with Crippen molar-refractivity contribution >= 4 is 0 Å². The van der Waals surface area contributed by atoms with Crippen molar-refractivity contribution in [2.24, 2.45) is 17.1 Å². The van der Waals surface area contributed by atoms with Crippen LogP contribution in [-0.4, -0.2) is 11.5 Å². The molecule has 0 saturated heterocycles. The highest BCUT2D eigenvalue weighted by Crippen LogP contribution is 2.63. The number of hydrogen-bond donors (Lipinski definition) is 1. The van der Waals surface area contributed by atoms with Crippen molar-refractivity contribution < 1.29 is 0 Å². The summed E-state index contributed by atoms with van der Waals surface area (Å²) >= 11 is 0. The zero-order valence-electron chi connectivity index (χ0n) is 9.12. The molecular formula is C12H18N2. The molecule has 2 heteroatoms. The van der Waals surface area contributed by atoms with Crippen molar-refractivity contribution in [2.45, 2.75) is 26.7 Å². The molecule has 0 bridgehead atoms. The molecule has 1 aliphatic carbocycles. The molecule has 0 aliphatic heterocycles. The van der Waals surface area contributed by atoms with Gasteiger partial charge in [0.25, 0.3) is 0 Å². The number of nitrogens with zero attached hydrogens (tertiary/aromatic N) is 1. The van der Waals surface area contributed by atoms with Gasteiger partial charge in [-0.2, -0.15) is 0 Å².